The van der Waals surface area contributed by atoms with Gasteiger partial charge in [-0.15, -0.1) is 0 Å². The summed E-state index contributed by atoms with van der Waals surface area (Å²) >= 11 is 1.67. The molecule has 2 aliphatic rings. The number of rotatable bonds is 1. The number of hydrogen-bond donors (Lipinski definition) is 0. The molecule has 0 unspecified atom stereocenters. The number of carbonyl (C=O) groups is 2. The van der Waals surface area contributed by atoms with Gasteiger partial charge in [-0.3, -0.25) is 9.59 Å². The van der Waals surface area contributed by atoms with Gasteiger partial charge in [-0.1, -0.05) is 66.4 Å². The summed E-state index contributed by atoms with van der Waals surface area (Å²) in [4.78, 5) is 29.3. The van der Waals surface area contributed by atoms with E-state index in [0.29, 0.717) is 11.1 Å². The number of hydrogen-bond acceptors (Lipinski definition) is 4. The van der Waals surface area contributed by atoms with Crippen molar-refractivity contribution in [1.82, 2.24) is 0 Å². The lowest BCUT2D eigenvalue weighted by molar-refractivity contribution is 0.0989. The zero-order chi connectivity index (χ0) is 21.1. The molecule has 1 heterocycles. The second-order valence-electron chi connectivity index (χ2n) is 7.78. The number of benzene rings is 4. The van der Waals surface area contributed by atoms with Gasteiger partial charge in [-0.25, -0.2) is 0 Å². The minimum Gasteiger partial charge on any atom is -0.338 e. The molecule has 0 N–H and O–H groups in total. The first-order valence-electron chi connectivity index (χ1n) is 10.1. The van der Waals surface area contributed by atoms with Crippen LogP contribution in [0.15, 0.2) is 100 Å². The van der Waals surface area contributed by atoms with Crippen LogP contribution in [0.5, 0.6) is 0 Å². The van der Waals surface area contributed by atoms with Crippen LogP contribution in [0.1, 0.15) is 20.7 Å². The Kier molecular flexibility index (Phi) is 3.92. The maximum Gasteiger partial charge on any atom is 0.197 e. The second kappa shape index (κ2) is 6.69. The van der Waals surface area contributed by atoms with E-state index in [1.54, 1.807) is 17.8 Å². The summed E-state index contributed by atoms with van der Waals surface area (Å²) in [6.07, 6.45) is 3.57. The molecule has 1 aliphatic carbocycles. The van der Waals surface area contributed by atoms with Gasteiger partial charge >= 0.3 is 0 Å². The van der Waals surface area contributed by atoms with Crippen molar-refractivity contribution in [3.05, 3.63) is 107 Å². The summed E-state index contributed by atoms with van der Waals surface area (Å²) in [6.45, 7) is 0. The molecule has 0 radical (unpaired) electrons. The van der Waals surface area contributed by atoms with Gasteiger partial charge in [-0.05, 0) is 51.9 Å². The van der Waals surface area contributed by atoms with E-state index in [1.165, 1.54) is 15.7 Å². The molecule has 4 aromatic carbocycles. The summed E-state index contributed by atoms with van der Waals surface area (Å²) in [6, 6.07) is 24.0. The molecule has 0 fully saturated rings. The van der Waals surface area contributed by atoms with Gasteiger partial charge in [0.25, 0.3) is 0 Å². The SMILES string of the molecule is CN1/C(=C/C=C2C(=O)c3cc4ccccc4cc3C2=O)Sc2c1ccc1ccccc21. The van der Waals surface area contributed by atoms with Crippen LogP contribution in [-0.2, 0) is 0 Å². The Hall–Kier alpha value is -3.63. The summed E-state index contributed by atoms with van der Waals surface area (Å²) in [7, 11) is 2.01. The summed E-state index contributed by atoms with van der Waals surface area (Å²) in [5, 5.41) is 5.33. The molecule has 148 valence electrons. The fourth-order valence-electron chi connectivity index (χ4n) is 4.36. The normalized spacial score (nSPS) is 16.5. The lowest BCUT2D eigenvalue weighted by atomic mass is 10.0. The molecule has 4 aromatic rings. The third kappa shape index (κ3) is 2.69. The molecule has 1 aliphatic heterocycles. The Bertz CT molecular complexity index is 1460. The van der Waals surface area contributed by atoms with E-state index in [9.17, 15) is 9.59 Å². The second-order valence-corrected chi connectivity index (χ2v) is 8.82. The van der Waals surface area contributed by atoms with Gasteiger partial charge in [0, 0.05) is 23.1 Å². The summed E-state index contributed by atoms with van der Waals surface area (Å²) in [5.41, 5.74) is 2.35. The molecule has 6 rings (SSSR count). The van der Waals surface area contributed by atoms with Crippen molar-refractivity contribution >= 4 is 50.6 Å². The van der Waals surface area contributed by atoms with Crippen molar-refractivity contribution in [2.45, 2.75) is 4.90 Å². The molecular formula is C27H17NO2S. The van der Waals surface area contributed by atoms with Gasteiger partial charge in [0.15, 0.2) is 11.6 Å². The predicted octanol–water partition coefficient (Wildman–Crippen LogP) is 6.38. The van der Waals surface area contributed by atoms with Crippen LogP contribution in [0.25, 0.3) is 21.5 Å². The molecule has 0 aromatic heterocycles. The first-order valence-corrected chi connectivity index (χ1v) is 10.9. The number of carbonyl (C=O) groups excluding carboxylic acids is 2. The Morgan fingerprint density at radius 2 is 1.35 bits per heavy atom. The fourth-order valence-corrected chi connectivity index (χ4v) is 5.54. The van der Waals surface area contributed by atoms with Crippen LogP contribution in [0.4, 0.5) is 5.69 Å². The number of nitrogens with zero attached hydrogens (tertiary/aromatic N) is 1. The fraction of sp³-hybridized carbons (Fsp3) is 0.0370. The zero-order valence-corrected chi connectivity index (χ0v) is 17.6. The minimum absolute atomic E-state index is 0.198. The van der Waals surface area contributed by atoms with Crippen molar-refractivity contribution < 1.29 is 9.59 Å². The molecule has 0 atom stereocenters. The quantitative estimate of drug-likeness (QED) is 0.265. The van der Waals surface area contributed by atoms with E-state index in [0.717, 1.165) is 21.5 Å². The minimum atomic E-state index is -0.198. The standard InChI is InChI=1S/C27H17NO2S/c1-28-23-12-10-16-6-4-5-9-19(16)27(23)31-24(28)13-11-20-25(29)21-14-17-7-2-3-8-18(17)15-22(21)26(20)30/h2-15H,1H3/b24-13-. The highest BCUT2D eigenvalue weighted by molar-refractivity contribution is 8.04. The molecule has 0 bridgehead atoms. The van der Waals surface area contributed by atoms with Crippen LogP contribution < -0.4 is 4.90 Å². The molecule has 0 saturated heterocycles. The molecular weight excluding hydrogens is 402 g/mol. The average Bonchev–Trinajstić information content (AvgIpc) is 3.24. The van der Waals surface area contributed by atoms with E-state index in [4.69, 9.17) is 0 Å². The highest BCUT2D eigenvalue weighted by Crippen LogP contribution is 2.48. The number of fused-ring (bicyclic) bond motifs is 5. The van der Waals surface area contributed by atoms with Gasteiger partial charge in [0.1, 0.15) is 0 Å². The molecule has 31 heavy (non-hydrogen) atoms. The Balaban J connectivity index is 1.39. The van der Waals surface area contributed by atoms with Gasteiger partial charge in [0.05, 0.1) is 16.3 Å². The number of anilines is 1. The molecule has 0 amide bonds. The van der Waals surface area contributed by atoms with E-state index >= 15 is 0 Å². The maximum atomic E-state index is 13.0. The molecule has 0 spiro atoms. The third-order valence-corrected chi connectivity index (χ3v) is 7.27. The smallest absolute Gasteiger partial charge is 0.197 e. The first-order chi connectivity index (χ1) is 15.1. The van der Waals surface area contributed by atoms with Crippen molar-refractivity contribution in [3.63, 3.8) is 0 Å². The van der Waals surface area contributed by atoms with Crippen LogP contribution in [-0.4, -0.2) is 18.6 Å². The number of allylic oxidation sites excluding steroid dienone is 3. The molecule has 4 heteroatoms. The van der Waals surface area contributed by atoms with Crippen LogP contribution in [0, 0.1) is 0 Å². The molecule has 0 saturated carbocycles. The number of Topliss-reactive ketones (excluding diaryl/α,β-unsaturated/α-hetero) is 2. The monoisotopic (exact) mass is 419 g/mol. The van der Waals surface area contributed by atoms with Crippen LogP contribution in [0.3, 0.4) is 0 Å². The largest absolute Gasteiger partial charge is 0.338 e. The highest BCUT2D eigenvalue weighted by Gasteiger charge is 2.33. The lowest BCUT2D eigenvalue weighted by Crippen LogP contribution is -2.09. The first kappa shape index (κ1) is 18.2. The van der Waals surface area contributed by atoms with Gasteiger partial charge in [0.2, 0.25) is 0 Å². The van der Waals surface area contributed by atoms with Crippen molar-refractivity contribution in [2.75, 3.05) is 11.9 Å². The number of thioether (sulfide) groups is 1. The van der Waals surface area contributed by atoms with E-state index in [1.807, 2.05) is 61.7 Å². The van der Waals surface area contributed by atoms with E-state index in [2.05, 4.69) is 29.2 Å². The maximum absolute atomic E-state index is 13.0. The summed E-state index contributed by atoms with van der Waals surface area (Å²) < 4.78 is 0. The topological polar surface area (TPSA) is 37.4 Å². The Morgan fingerprint density at radius 1 is 0.742 bits per heavy atom. The van der Waals surface area contributed by atoms with Crippen LogP contribution in [0.2, 0.25) is 0 Å². The van der Waals surface area contributed by atoms with Crippen molar-refractivity contribution in [2.24, 2.45) is 0 Å². The lowest BCUT2D eigenvalue weighted by Gasteiger charge is -2.13. The predicted molar refractivity (Wildman–Crippen MR) is 127 cm³/mol. The summed E-state index contributed by atoms with van der Waals surface area (Å²) in [5.74, 6) is -0.396. The average molecular weight is 420 g/mol. The van der Waals surface area contributed by atoms with Gasteiger partial charge < -0.3 is 4.90 Å². The van der Waals surface area contributed by atoms with E-state index in [-0.39, 0.29) is 17.1 Å². The van der Waals surface area contributed by atoms with E-state index < -0.39 is 0 Å². The molecule has 3 nitrogen and oxygen atoms in total. The zero-order valence-electron chi connectivity index (χ0n) is 16.8. The van der Waals surface area contributed by atoms with Crippen LogP contribution >= 0.6 is 11.8 Å². The number of ketones is 2. The Morgan fingerprint density at radius 3 is 2.03 bits per heavy atom. The highest BCUT2D eigenvalue weighted by atomic mass is 32.2. The van der Waals surface area contributed by atoms with Crippen molar-refractivity contribution in [3.8, 4) is 0 Å². The van der Waals surface area contributed by atoms with Crippen molar-refractivity contribution in [1.29, 1.82) is 0 Å². The third-order valence-electron chi connectivity index (χ3n) is 6.01. The Labute approximate surface area is 183 Å². The van der Waals surface area contributed by atoms with Gasteiger partial charge in [-0.2, -0.15) is 0 Å².